The van der Waals surface area contributed by atoms with E-state index in [1.165, 1.54) is 0 Å². The monoisotopic (exact) mass is 236 g/mol. The standard InChI is InChI=1S/C14H22NO2/c1-12-6-8-13(9-7-12)14(16)17-11-5-10-15(2,3)4/h6-9H,5,10-11H2,1-4H3/q+1. The molecule has 0 saturated heterocycles. The zero-order valence-corrected chi connectivity index (χ0v) is 11.2. The van der Waals surface area contributed by atoms with Crippen molar-refractivity contribution in [2.75, 3.05) is 34.3 Å². The number of esters is 1. The van der Waals surface area contributed by atoms with Crippen LogP contribution in [0, 0.1) is 6.92 Å². The van der Waals surface area contributed by atoms with E-state index in [0.29, 0.717) is 12.2 Å². The first-order chi connectivity index (χ1) is 7.88. The summed E-state index contributed by atoms with van der Waals surface area (Å²) in [6.07, 6.45) is 0.890. The molecule has 1 aromatic rings. The summed E-state index contributed by atoms with van der Waals surface area (Å²) >= 11 is 0. The maximum absolute atomic E-state index is 11.7. The minimum absolute atomic E-state index is 0.230. The Labute approximate surface area is 104 Å². The van der Waals surface area contributed by atoms with Crippen molar-refractivity contribution >= 4 is 5.97 Å². The molecule has 17 heavy (non-hydrogen) atoms. The Morgan fingerprint density at radius 3 is 2.29 bits per heavy atom. The summed E-state index contributed by atoms with van der Waals surface area (Å²) in [5.41, 5.74) is 1.77. The molecule has 1 aromatic carbocycles. The molecule has 0 N–H and O–H groups in total. The van der Waals surface area contributed by atoms with Crippen LogP contribution in [0.4, 0.5) is 0 Å². The molecule has 1 rings (SSSR count). The molecule has 0 spiro atoms. The molecule has 94 valence electrons. The van der Waals surface area contributed by atoms with Crippen molar-refractivity contribution in [1.29, 1.82) is 0 Å². The molecule has 0 atom stereocenters. The molecular weight excluding hydrogens is 214 g/mol. The highest BCUT2D eigenvalue weighted by molar-refractivity contribution is 5.89. The smallest absolute Gasteiger partial charge is 0.338 e. The number of hydrogen-bond acceptors (Lipinski definition) is 2. The molecule has 0 aliphatic carbocycles. The molecule has 0 amide bonds. The molecule has 0 saturated carbocycles. The van der Waals surface area contributed by atoms with Crippen LogP contribution in [-0.4, -0.2) is 44.7 Å². The summed E-state index contributed by atoms with van der Waals surface area (Å²) in [6, 6.07) is 7.44. The van der Waals surface area contributed by atoms with Crippen molar-refractivity contribution < 1.29 is 14.0 Å². The molecule has 0 aliphatic rings. The minimum atomic E-state index is -0.230. The van der Waals surface area contributed by atoms with E-state index in [4.69, 9.17) is 4.74 Å². The average Bonchev–Trinajstić information content (AvgIpc) is 2.24. The topological polar surface area (TPSA) is 26.3 Å². The lowest BCUT2D eigenvalue weighted by molar-refractivity contribution is -0.870. The van der Waals surface area contributed by atoms with E-state index in [1.807, 2.05) is 19.1 Å². The van der Waals surface area contributed by atoms with Gasteiger partial charge in [-0.25, -0.2) is 4.79 Å². The molecule has 0 aliphatic heterocycles. The first-order valence-electron chi connectivity index (χ1n) is 5.93. The summed E-state index contributed by atoms with van der Waals surface area (Å²) in [6.45, 7) is 3.49. The molecule has 3 heteroatoms. The lowest BCUT2D eigenvalue weighted by Crippen LogP contribution is -2.35. The van der Waals surface area contributed by atoms with E-state index < -0.39 is 0 Å². The number of nitrogens with zero attached hydrogens (tertiary/aromatic N) is 1. The predicted octanol–water partition coefficient (Wildman–Crippen LogP) is 2.25. The van der Waals surface area contributed by atoms with Crippen LogP contribution in [0.3, 0.4) is 0 Å². The van der Waals surface area contributed by atoms with Gasteiger partial charge in [-0.05, 0) is 19.1 Å². The second-order valence-electron chi connectivity index (χ2n) is 5.37. The summed E-state index contributed by atoms with van der Waals surface area (Å²) in [7, 11) is 6.38. The van der Waals surface area contributed by atoms with Crippen LogP contribution in [0.2, 0.25) is 0 Å². The lowest BCUT2D eigenvalue weighted by atomic mass is 10.1. The molecule has 0 radical (unpaired) electrons. The second-order valence-corrected chi connectivity index (χ2v) is 5.37. The van der Waals surface area contributed by atoms with Crippen molar-refractivity contribution in [2.24, 2.45) is 0 Å². The number of carbonyl (C=O) groups excluding carboxylic acids is 1. The number of ether oxygens (including phenoxy) is 1. The van der Waals surface area contributed by atoms with Crippen LogP contribution in [-0.2, 0) is 4.74 Å². The maximum Gasteiger partial charge on any atom is 0.338 e. The summed E-state index contributed by atoms with van der Waals surface area (Å²) in [4.78, 5) is 11.7. The van der Waals surface area contributed by atoms with Crippen LogP contribution in [0.25, 0.3) is 0 Å². The number of rotatable bonds is 5. The quantitative estimate of drug-likeness (QED) is 0.445. The van der Waals surface area contributed by atoms with Gasteiger partial charge in [0.2, 0.25) is 0 Å². The average molecular weight is 236 g/mol. The summed E-state index contributed by atoms with van der Waals surface area (Å²) in [5.74, 6) is -0.230. The largest absolute Gasteiger partial charge is 0.462 e. The summed E-state index contributed by atoms with van der Waals surface area (Å²) in [5, 5.41) is 0. The third-order valence-electron chi connectivity index (χ3n) is 2.49. The number of hydrogen-bond donors (Lipinski definition) is 0. The van der Waals surface area contributed by atoms with E-state index in [-0.39, 0.29) is 5.97 Å². The van der Waals surface area contributed by atoms with Gasteiger partial charge in [-0.2, -0.15) is 0 Å². The Balaban J connectivity index is 2.33. The van der Waals surface area contributed by atoms with Gasteiger partial charge in [-0.15, -0.1) is 0 Å². The van der Waals surface area contributed by atoms with Crippen molar-refractivity contribution in [2.45, 2.75) is 13.3 Å². The fraction of sp³-hybridized carbons (Fsp3) is 0.500. The number of quaternary nitrogens is 1. The van der Waals surface area contributed by atoms with E-state index in [0.717, 1.165) is 23.0 Å². The molecule has 0 fully saturated rings. The Morgan fingerprint density at radius 1 is 1.18 bits per heavy atom. The van der Waals surface area contributed by atoms with Crippen LogP contribution in [0.1, 0.15) is 22.3 Å². The lowest BCUT2D eigenvalue weighted by Gasteiger charge is -2.23. The number of aryl methyl sites for hydroxylation is 1. The third-order valence-corrected chi connectivity index (χ3v) is 2.49. The highest BCUT2D eigenvalue weighted by Crippen LogP contribution is 2.05. The van der Waals surface area contributed by atoms with Crippen molar-refractivity contribution in [3.05, 3.63) is 35.4 Å². The molecule has 0 bridgehead atoms. The van der Waals surface area contributed by atoms with Gasteiger partial charge in [0.05, 0.1) is 39.9 Å². The van der Waals surface area contributed by atoms with Gasteiger partial charge in [0.1, 0.15) is 0 Å². The van der Waals surface area contributed by atoms with Gasteiger partial charge < -0.3 is 9.22 Å². The van der Waals surface area contributed by atoms with E-state index in [2.05, 4.69) is 21.1 Å². The number of carbonyl (C=O) groups is 1. The SMILES string of the molecule is Cc1ccc(C(=O)OCCC[N+](C)(C)C)cc1. The molecular formula is C14H22NO2+. The Bertz CT molecular complexity index is 363. The van der Waals surface area contributed by atoms with Crippen molar-refractivity contribution in [3.63, 3.8) is 0 Å². The molecule has 3 nitrogen and oxygen atoms in total. The van der Waals surface area contributed by atoms with Crippen molar-refractivity contribution in [3.8, 4) is 0 Å². The van der Waals surface area contributed by atoms with Gasteiger partial charge in [0.25, 0.3) is 0 Å². The maximum atomic E-state index is 11.7. The zero-order valence-electron chi connectivity index (χ0n) is 11.2. The normalized spacial score (nSPS) is 11.3. The Kier molecular flexibility index (Phi) is 4.70. The molecule has 0 unspecified atom stereocenters. The zero-order chi connectivity index (χ0) is 12.9. The highest BCUT2D eigenvalue weighted by atomic mass is 16.5. The molecule has 0 aromatic heterocycles. The third kappa shape index (κ3) is 5.50. The second kappa shape index (κ2) is 5.82. The first-order valence-corrected chi connectivity index (χ1v) is 5.93. The van der Waals surface area contributed by atoms with Crippen LogP contribution in [0.15, 0.2) is 24.3 Å². The van der Waals surface area contributed by atoms with Gasteiger partial charge in [-0.3, -0.25) is 0 Å². The summed E-state index contributed by atoms with van der Waals surface area (Å²) < 4.78 is 6.11. The van der Waals surface area contributed by atoms with Crippen LogP contribution < -0.4 is 0 Å². The van der Waals surface area contributed by atoms with Gasteiger partial charge in [-0.1, -0.05) is 17.7 Å². The van der Waals surface area contributed by atoms with Crippen LogP contribution >= 0.6 is 0 Å². The van der Waals surface area contributed by atoms with Gasteiger partial charge in [0.15, 0.2) is 0 Å². The van der Waals surface area contributed by atoms with E-state index >= 15 is 0 Å². The first kappa shape index (κ1) is 13.7. The molecule has 0 heterocycles. The minimum Gasteiger partial charge on any atom is -0.462 e. The van der Waals surface area contributed by atoms with Crippen molar-refractivity contribution in [1.82, 2.24) is 0 Å². The van der Waals surface area contributed by atoms with E-state index in [9.17, 15) is 4.79 Å². The number of benzene rings is 1. The highest BCUT2D eigenvalue weighted by Gasteiger charge is 2.09. The fourth-order valence-electron chi connectivity index (χ4n) is 1.48. The predicted molar refractivity (Wildman–Crippen MR) is 69.0 cm³/mol. The Morgan fingerprint density at radius 2 is 1.76 bits per heavy atom. The van der Waals surface area contributed by atoms with Gasteiger partial charge >= 0.3 is 5.97 Å². The fourth-order valence-corrected chi connectivity index (χ4v) is 1.48. The van der Waals surface area contributed by atoms with Gasteiger partial charge in [0, 0.05) is 6.42 Å². The van der Waals surface area contributed by atoms with E-state index in [1.54, 1.807) is 12.1 Å². The Hall–Kier alpha value is -1.35. The van der Waals surface area contributed by atoms with Crippen LogP contribution in [0.5, 0.6) is 0 Å².